The van der Waals surface area contributed by atoms with Gasteiger partial charge in [-0.2, -0.15) is 13.2 Å². The minimum atomic E-state index is -4.22. The molecule has 9 heteroatoms. The predicted octanol–water partition coefficient (Wildman–Crippen LogP) is 3.25. The summed E-state index contributed by atoms with van der Waals surface area (Å²) in [6.45, 7) is 1.91. The lowest BCUT2D eigenvalue weighted by Gasteiger charge is -2.22. The van der Waals surface area contributed by atoms with Crippen molar-refractivity contribution in [2.75, 3.05) is 18.4 Å². The van der Waals surface area contributed by atoms with Crippen molar-refractivity contribution in [3.63, 3.8) is 0 Å². The van der Waals surface area contributed by atoms with Crippen LogP contribution in [0.25, 0.3) is 0 Å². The number of anilines is 2. The van der Waals surface area contributed by atoms with Crippen molar-refractivity contribution in [1.29, 1.82) is 0 Å². The Labute approximate surface area is 135 Å². The molecule has 3 rings (SSSR count). The zero-order valence-corrected chi connectivity index (χ0v) is 13.0. The van der Waals surface area contributed by atoms with Gasteiger partial charge in [0.1, 0.15) is 0 Å². The van der Waals surface area contributed by atoms with Gasteiger partial charge in [-0.3, -0.25) is 4.98 Å². The monoisotopic (exact) mass is 343 g/mol. The second-order valence-corrected chi connectivity index (χ2v) is 6.52. The lowest BCUT2D eigenvalue weighted by molar-refractivity contribution is -0.126. The number of alkyl halides is 3. The van der Waals surface area contributed by atoms with E-state index in [1.807, 2.05) is 0 Å². The summed E-state index contributed by atoms with van der Waals surface area (Å²) in [7, 11) is 0. The van der Waals surface area contributed by atoms with Crippen molar-refractivity contribution < 1.29 is 13.2 Å². The molecule has 0 saturated carbocycles. The molecule has 5 nitrogen and oxygen atoms in total. The third-order valence-electron chi connectivity index (χ3n) is 3.57. The van der Waals surface area contributed by atoms with Crippen molar-refractivity contribution in [1.82, 2.24) is 20.3 Å². The van der Waals surface area contributed by atoms with E-state index < -0.39 is 12.6 Å². The average Bonchev–Trinajstić information content (AvgIpc) is 2.93. The van der Waals surface area contributed by atoms with Gasteiger partial charge in [0.05, 0.1) is 18.3 Å². The Morgan fingerprint density at radius 3 is 2.74 bits per heavy atom. The SMILES string of the molecule is FC(F)(F)Cc1cnc(Nc2cncc(C3CCNCC3)n2)s1. The standard InChI is InChI=1S/C14H16F3N5S/c15-14(16,17)5-10-6-20-13(23-10)22-12-8-19-7-11(21-12)9-1-3-18-4-2-9/h6-9,18H,1-5H2,(H,20,21,22). The van der Waals surface area contributed by atoms with Crippen LogP contribution in [0, 0.1) is 0 Å². The van der Waals surface area contributed by atoms with Crippen LogP contribution in [0.2, 0.25) is 0 Å². The molecule has 124 valence electrons. The van der Waals surface area contributed by atoms with Crippen molar-refractivity contribution in [2.24, 2.45) is 0 Å². The second-order valence-electron chi connectivity index (χ2n) is 5.40. The number of nitrogens with zero attached hydrogens (tertiary/aromatic N) is 3. The summed E-state index contributed by atoms with van der Waals surface area (Å²) in [5, 5.41) is 6.63. The molecule has 0 unspecified atom stereocenters. The van der Waals surface area contributed by atoms with Gasteiger partial charge in [-0.25, -0.2) is 9.97 Å². The maximum atomic E-state index is 12.4. The Bertz CT molecular complexity index is 652. The van der Waals surface area contributed by atoms with E-state index in [0.29, 0.717) is 16.9 Å². The van der Waals surface area contributed by atoms with Gasteiger partial charge < -0.3 is 10.6 Å². The molecule has 0 spiro atoms. The smallest absolute Gasteiger partial charge is 0.317 e. The molecule has 1 fully saturated rings. The quantitative estimate of drug-likeness (QED) is 0.892. The molecule has 0 atom stereocenters. The second kappa shape index (κ2) is 6.79. The van der Waals surface area contributed by atoms with Gasteiger partial charge in [-0.1, -0.05) is 0 Å². The summed E-state index contributed by atoms with van der Waals surface area (Å²) >= 11 is 0.976. The minimum Gasteiger partial charge on any atom is -0.317 e. The average molecular weight is 343 g/mol. The van der Waals surface area contributed by atoms with Gasteiger partial charge in [0.15, 0.2) is 10.9 Å². The number of thiazole rings is 1. The molecule has 1 aliphatic heterocycles. The van der Waals surface area contributed by atoms with E-state index in [4.69, 9.17) is 0 Å². The summed E-state index contributed by atoms with van der Waals surface area (Å²) in [4.78, 5) is 12.8. The normalized spacial score (nSPS) is 16.5. The fourth-order valence-corrected chi connectivity index (χ4v) is 3.36. The van der Waals surface area contributed by atoms with E-state index >= 15 is 0 Å². The molecule has 0 aliphatic carbocycles. The van der Waals surface area contributed by atoms with Crippen LogP contribution >= 0.6 is 11.3 Å². The Balaban J connectivity index is 1.68. The van der Waals surface area contributed by atoms with Crippen LogP contribution < -0.4 is 10.6 Å². The van der Waals surface area contributed by atoms with E-state index in [0.717, 1.165) is 43.0 Å². The Hall–Kier alpha value is -1.74. The number of halogens is 3. The van der Waals surface area contributed by atoms with Crippen LogP contribution in [-0.4, -0.2) is 34.2 Å². The molecule has 0 bridgehead atoms. The first kappa shape index (κ1) is 16.1. The predicted molar refractivity (Wildman–Crippen MR) is 82.0 cm³/mol. The summed E-state index contributed by atoms with van der Waals surface area (Å²) in [5.74, 6) is 0.872. The zero-order valence-electron chi connectivity index (χ0n) is 12.2. The maximum Gasteiger partial charge on any atom is 0.393 e. The van der Waals surface area contributed by atoms with Gasteiger partial charge in [0, 0.05) is 23.2 Å². The number of hydrogen-bond donors (Lipinski definition) is 2. The molecule has 23 heavy (non-hydrogen) atoms. The van der Waals surface area contributed by atoms with Crippen LogP contribution in [0.1, 0.15) is 29.3 Å². The molecule has 2 aromatic rings. The van der Waals surface area contributed by atoms with E-state index in [2.05, 4.69) is 25.6 Å². The summed E-state index contributed by atoms with van der Waals surface area (Å²) in [6, 6.07) is 0. The largest absolute Gasteiger partial charge is 0.393 e. The van der Waals surface area contributed by atoms with Gasteiger partial charge >= 0.3 is 6.18 Å². The van der Waals surface area contributed by atoms with Gasteiger partial charge in [0.2, 0.25) is 0 Å². The van der Waals surface area contributed by atoms with Crippen LogP contribution in [0.15, 0.2) is 18.6 Å². The zero-order chi connectivity index (χ0) is 16.3. The highest BCUT2D eigenvalue weighted by Crippen LogP contribution is 2.29. The van der Waals surface area contributed by atoms with Gasteiger partial charge in [-0.05, 0) is 25.9 Å². The number of hydrogen-bond acceptors (Lipinski definition) is 6. The first-order valence-corrected chi connectivity index (χ1v) is 8.12. The van der Waals surface area contributed by atoms with Gasteiger partial charge in [0.25, 0.3) is 0 Å². The molecule has 3 heterocycles. The van der Waals surface area contributed by atoms with E-state index in [-0.39, 0.29) is 4.88 Å². The molecule has 1 saturated heterocycles. The van der Waals surface area contributed by atoms with E-state index in [9.17, 15) is 13.2 Å². The van der Waals surface area contributed by atoms with E-state index in [1.54, 1.807) is 12.4 Å². The molecular weight excluding hydrogens is 327 g/mol. The Morgan fingerprint density at radius 2 is 2.00 bits per heavy atom. The fourth-order valence-electron chi connectivity index (χ4n) is 2.51. The Morgan fingerprint density at radius 1 is 1.22 bits per heavy atom. The van der Waals surface area contributed by atoms with Crippen LogP contribution in [-0.2, 0) is 6.42 Å². The van der Waals surface area contributed by atoms with Crippen molar-refractivity contribution >= 4 is 22.3 Å². The van der Waals surface area contributed by atoms with E-state index in [1.165, 1.54) is 6.20 Å². The molecular formula is C14H16F3N5S. The molecule has 0 aromatic carbocycles. The minimum absolute atomic E-state index is 0.169. The highest BCUT2D eigenvalue weighted by Gasteiger charge is 2.28. The lowest BCUT2D eigenvalue weighted by Crippen LogP contribution is -2.27. The number of piperidine rings is 1. The van der Waals surface area contributed by atoms with Crippen LogP contribution in [0.3, 0.4) is 0 Å². The number of rotatable bonds is 4. The lowest BCUT2D eigenvalue weighted by atomic mass is 9.95. The molecule has 2 aromatic heterocycles. The topological polar surface area (TPSA) is 62.7 Å². The highest BCUT2D eigenvalue weighted by atomic mass is 32.1. The fraction of sp³-hybridized carbons (Fsp3) is 0.500. The first-order valence-electron chi connectivity index (χ1n) is 7.31. The first-order chi connectivity index (χ1) is 11.0. The van der Waals surface area contributed by atoms with Crippen molar-refractivity contribution in [3.05, 3.63) is 29.2 Å². The third-order valence-corrected chi connectivity index (χ3v) is 4.49. The number of nitrogens with one attached hydrogen (secondary N) is 2. The van der Waals surface area contributed by atoms with Gasteiger partial charge in [-0.15, -0.1) is 11.3 Å². The maximum absolute atomic E-state index is 12.4. The molecule has 2 N–H and O–H groups in total. The summed E-state index contributed by atoms with van der Waals surface area (Å²) in [6.07, 6.45) is 1.36. The highest BCUT2D eigenvalue weighted by molar-refractivity contribution is 7.15. The Kier molecular flexibility index (Phi) is 4.76. The van der Waals surface area contributed by atoms with Crippen LogP contribution in [0.5, 0.6) is 0 Å². The van der Waals surface area contributed by atoms with Crippen molar-refractivity contribution in [2.45, 2.75) is 31.4 Å². The summed E-state index contributed by atoms with van der Waals surface area (Å²) in [5.41, 5.74) is 0.906. The summed E-state index contributed by atoms with van der Waals surface area (Å²) < 4.78 is 37.1. The molecule has 0 radical (unpaired) electrons. The molecule has 0 amide bonds. The molecule has 1 aliphatic rings. The van der Waals surface area contributed by atoms with Crippen LogP contribution in [0.4, 0.5) is 24.1 Å². The van der Waals surface area contributed by atoms with Crippen molar-refractivity contribution in [3.8, 4) is 0 Å². The number of aromatic nitrogens is 3. The third kappa shape index (κ3) is 4.61.